The fourth-order valence-corrected chi connectivity index (χ4v) is 5.33. The standard InChI is InChI=1S/C21H22BrFN2O4S/c1-15(26)25-11-9-21(10-12-25,14-16-5-2-3-8-19(16)23)20(27)24-30(28,29)18-7-4-6-17(22)13-18/h2-8,13H,9-12,14H2,1H3,(H,24,27). The molecule has 1 aliphatic heterocycles. The van der Waals surface area contributed by atoms with E-state index in [1.165, 1.54) is 25.1 Å². The summed E-state index contributed by atoms with van der Waals surface area (Å²) in [4.78, 5) is 26.5. The summed E-state index contributed by atoms with van der Waals surface area (Å²) in [5.41, 5.74) is -0.809. The summed E-state index contributed by atoms with van der Waals surface area (Å²) in [6, 6.07) is 12.2. The van der Waals surface area contributed by atoms with Crippen LogP contribution in [0.3, 0.4) is 0 Å². The van der Waals surface area contributed by atoms with Crippen molar-refractivity contribution in [2.75, 3.05) is 13.1 Å². The molecule has 3 rings (SSSR count). The lowest BCUT2D eigenvalue weighted by Crippen LogP contribution is -2.52. The average Bonchev–Trinajstić information content (AvgIpc) is 2.70. The first kappa shape index (κ1) is 22.4. The molecule has 1 aliphatic rings. The zero-order chi connectivity index (χ0) is 21.9. The molecule has 0 aromatic heterocycles. The Morgan fingerprint density at radius 2 is 1.80 bits per heavy atom. The van der Waals surface area contributed by atoms with Crippen molar-refractivity contribution in [1.29, 1.82) is 0 Å². The number of benzene rings is 2. The summed E-state index contributed by atoms with van der Waals surface area (Å²) in [5.74, 6) is -1.25. The van der Waals surface area contributed by atoms with E-state index < -0.39 is 27.2 Å². The predicted molar refractivity (Wildman–Crippen MR) is 113 cm³/mol. The summed E-state index contributed by atoms with van der Waals surface area (Å²) in [5, 5.41) is 0. The molecule has 0 saturated carbocycles. The molecule has 1 N–H and O–H groups in total. The molecule has 160 valence electrons. The van der Waals surface area contributed by atoms with Gasteiger partial charge in [0, 0.05) is 24.5 Å². The fraction of sp³-hybridized carbons (Fsp3) is 0.333. The number of nitrogens with zero attached hydrogens (tertiary/aromatic N) is 1. The van der Waals surface area contributed by atoms with Crippen molar-refractivity contribution in [3.8, 4) is 0 Å². The molecule has 0 unspecified atom stereocenters. The maximum atomic E-state index is 14.3. The van der Waals surface area contributed by atoms with E-state index in [1.807, 2.05) is 0 Å². The Balaban J connectivity index is 1.91. The number of carbonyl (C=O) groups excluding carboxylic acids is 2. The van der Waals surface area contributed by atoms with E-state index >= 15 is 0 Å². The van der Waals surface area contributed by atoms with E-state index in [-0.39, 0.29) is 30.1 Å². The number of hydrogen-bond acceptors (Lipinski definition) is 4. The zero-order valence-electron chi connectivity index (χ0n) is 16.4. The van der Waals surface area contributed by atoms with Crippen LogP contribution in [0.1, 0.15) is 25.3 Å². The van der Waals surface area contributed by atoms with Gasteiger partial charge in [-0.15, -0.1) is 0 Å². The van der Waals surface area contributed by atoms with E-state index in [9.17, 15) is 22.4 Å². The molecule has 0 radical (unpaired) electrons. The number of piperidine rings is 1. The van der Waals surface area contributed by atoms with Gasteiger partial charge < -0.3 is 4.90 Å². The number of amides is 2. The van der Waals surface area contributed by atoms with Gasteiger partial charge in [0.2, 0.25) is 11.8 Å². The van der Waals surface area contributed by atoms with Crippen molar-refractivity contribution in [2.24, 2.45) is 5.41 Å². The Kier molecular flexibility index (Phi) is 6.62. The highest BCUT2D eigenvalue weighted by molar-refractivity contribution is 9.10. The van der Waals surface area contributed by atoms with Gasteiger partial charge in [-0.3, -0.25) is 9.59 Å². The molecule has 2 aromatic rings. The topological polar surface area (TPSA) is 83.6 Å². The van der Waals surface area contributed by atoms with Crippen molar-refractivity contribution in [2.45, 2.75) is 31.1 Å². The molecule has 9 heteroatoms. The second kappa shape index (κ2) is 8.85. The SMILES string of the molecule is CC(=O)N1CCC(Cc2ccccc2F)(C(=O)NS(=O)(=O)c2cccc(Br)c2)CC1. The first-order chi connectivity index (χ1) is 14.1. The fourth-order valence-electron chi connectivity index (χ4n) is 3.66. The highest BCUT2D eigenvalue weighted by Gasteiger charge is 2.44. The van der Waals surface area contributed by atoms with Crippen molar-refractivity contribution in [3.05, 3.63) is 64.4 Å². The van der Waals surface area contributed by atoms with E-state index in [4.69, 9.17) is 0 Å². The van der Waals surface area contributed by atoms with Gasteiger partial charge in [0.15, 0.2) is 0 Å². The third-order valence-corrected chi connectivity index (χ3v) is 7.29. The highest BCUT2D eigenvalue weighted by atomic mass is 79.9. The largest absolute Gasteiger partial charge is 0.343 e. The van der Waals surface area contributed by atoms with Crippen molar-refractivity contribution < 1.29 is 22.4 Å². The van der Waals surface area contributed by atoms with Crippen LogP contribution in [-0.4, -0.2) is 38.2 Å². The first-order valence-corrected chi connectivity index (χ1v) is 11.7. The summed E-state index contributed by atoms with van der Waals surface area (Å²) < 4.78 is 42.6. The molecule has 1 heterocycles. The summed E-state index contributed by atoms with van der Waals surface area (Å²) in [7, 11) is -4.11. The van der Waals surface area contributed by atoms with Gasteiger partial charge in [0.05, 0.1) is 10.3 Å². The zero-order valence-corrected chi connectivity index (χ0v) is 18.8. The molecule has 0 bridgehead atoms. The molecule has 2 aromatic carbocycles. The van der Waals surface area contributed by atoms with Crippen molar-refractivity contribution in [1.82, 2.24) is 9.62 Å². The van der Waals surface area contributed by atoms with Crippen LogP contribution in [0, 0.1) is 11.2 Å². The highest BCUT2D eigenvalue weighted by Crippen LogP contribution is 2.37. The average molecular weight is 497 g/mol. The normalized spacial score (nSPS) is 16.2. The van der Waals surface area contributed by atoms with Gasteiger partial charge in [0.25, 0.3) is 10.0 Å². The van der Waals surface area contributed by atoms with Gasteiger partial charge in [-0.1, -0.05) is 40.2 Å². The van der Waals surface area contributed by atoms with Gasteiger partial charge in [-0.25, -0.2) is 17.5 Å². The molecular weight excluding hydrogens is 475 g/mol. The van der Waals surface area contributed by atoms with Crippen molar-refractivity contribution >= 4 is 37.8 Å². The molecule has 2 amide bonds. The van der Waals surface area contributed by atoms with Crippen LogP contribution in [0.4, 0.5) is 4.39 Å². The van der Waals surface area contributed by atoms with Gasteiger partial charge in [-0.2, -0.15) is 0 Å². The third-order valence-electron chi connectivity index (χ3n) is 5.47. The maximum Gasteiger partial charge on any atom is 0.264 e. The van der Waals surface area contributed by atoms with Crippen LogP contribution < -0.4 is 4.72 Å². The number of rotatable bonds is 5. The molecule has 6 nitrogen and oxygen atoms in total. The van der Waals surface area contributed by atoms with Gasteiger partial charge >= 0.3 is 0 Å². The Hall–Kier alpha value is -2.26. The van der Waals surface area contributed by atoms with Crippen LogP contribution in [0.5, 0.6) is 0 Å². The van der Waals surface area contributed by atoms with Crippen LogP contribution in [0.2, 0.25) is 0 Å². The lowest BCUT2D eigenvalue weighted by Gasteiger charge is -2.40. The van der Waals surface area contributed by atoms with Crippen LogP contribution in [0.25, 0.3) is 0 Å². The second-order valence-corrected chi connectivity index (χ2v) is 10.0. The lowest BCUT2D eigenvalue weighted by atomic mass is 9.73. The number of hydrogen-bond donors (Lipinski definition) is 1. The summed E-state index contributed by atoms with van der Waals surface area (Å²) >= 11 is 3.22. The quantitative estimate of drug-likeness (QED) is 0.688. The minimum absolute atomic E-state index is 0.0469. The third kappa shape index (κ3) is 4.89. The molecule has 30 heavy (non-hydrogen) atoms. The number of sulfonamides is 1. The molecular formula is C21H22BrFN2O4S. The van der Waals surface area contributed by atoms with Crippen molar-refractivity contribution in [3.63, 3.8) is 0 Å². The Labute approximate surface area is 183 Å². The first-order valence-electron chi connectivity index (χ1n) is 9.45. The molecule has 0 aliphatic carbocycles. The Morgan fingerprint density at radius 3 is 2.40 bits per heavy atom. The smallest absolute Gasteiger partial charge is 0.264 e. The van der Waals surface area contributed by atoms with Crippen LogP contribution in [0.15, 0.2) is 57.9 Å². The summed E-state index contributed by atoms with van der Waals surface area (Å²) in [6.07, 6.45) is 0.521. The maximum absolute atomic E-state index is 14.3. The lowest BCUT2D eigenvalue weighted by molar-refractivity contribution is -0.138. The second-order valence-electron chi connectivity index (χ2n) is 7.45. The van der Waals surface area contributed by atoms with E-state index in [2.05, 4.69) is 20.7 Å². The molecule has 0 spiro atoms. The van der Waals surface area contributed by atoms with Crippen LogP contribution >= 0.6 is 15.9 Å². The van der Waals surface area contributed by atoms with E-state index in [0.29, 0.717) is 23.1 Å². The Morgan fingerprint density at radius 1 is 1.13 bits per heavy atom. The number of carbonyl (C=O) groups is 2. The van der Waals surface area contributed by atoms with Gasteiger partial charge in [0.1, 0.15) is 5.82 Å². The predicted octanol–water partition coefficient (Wildman–Crippen LogP) is 3.26. The molecule has 1 saturated heterocycles. The number of nitrogens with one attached hydrogen (secondary N) is 1. The monoisotopic (exact) mass is 496 g/mol. The molecule has 1 fully saturated rings. The molecule has 0 atom stereocenters. The van der Waals surface area contributed by atoms with Gasteiger partial charge in [-0.05, 0) is 49.1 Å². The summed E-state index contributed by atoms with van der Waals surface area (Å²) in [6.45, 7) is 2.05. The van der Waals surface area contributed by atoms with E-state index in [1.54, 1.807) is 35.2 Å². The number of likely N-dealkylation sites (tertiary alicyclic amines) is 1. The minimum atomic E-state index is -4.11. The number of halogens is 2. The Bertz CT molecular complexity index is 1070. The minimum Gasteiger partial charge on any atom is -0.343 e. The van der Waals surface area contributed by atoms with Crippen LogP contribution in [-0.2, 0) is 26.0 Å². The van der Waals surface area contributed by atoms with E-state index in [0.717, 1.165) is 0 Å².